The lowest BCUT2D eigenvalue weighted by atomic mass is 10.0. The normalized spacial score (nSPS) is 22.2. The lowest BCUT2D eigenvalue weighted by Crippen LogP contribution is -2.35. The first-order chi connectivity index (χ1) is 7.78. The van der Waals surface area contributed by atoms with Crippen molar-refractivity contribution in [1.29, 1.82) is 0 Å². The van der Waals surface area contributed by atoms with E-state index in [2.05, 4.69) is 50.9 Å². The molecule has 0 bridgehead atoms. The smallest absolute Gasteiger partial charge is 0.0547 e. The lowest BCUT2D eigenvalue weighted by molar-refractivity contribution is 0.177. The van der Waals surface area contributed by atoms with Gasteiger partial charge in [-0.25, -0.2) is 0 Å². The number of pyridine rings is 1. The number of piperidine rings is 1. The molecule has 2 nitrogen and oxygen atoms in total. The zero-order valence-corrected chi connectivity index (χ0v) is 11.4. The third-order valence-corrected chi connectivity index (χ3v) is 4.07. The summed E-state index contributed by atoms with van der Waals surface area (Å²) in [5.74, 6) is 0.818. The molecule has 1 aliphatic rings. The Kier molecular flexibility index (Phi) is 4.36. The monoisotopic (exact) mass is 282 g/mol. The van der Waals surface area contributed by atoms with Crippen LogP contribution < -0.4 is 0 Å². The Morgan fingerprint density at radius 3 is 3.12 bits per heavy atom. The van der Waals surface area contributed by atoms with Crippen LogP contribution in [0.3, 0.4) is 0 Å². The average molecular weight is 283 g/mol. The van der Waals surface area contributed by atoms with E-state index >= 15 is 0 Å². The van der Waals surface area contributed by atoms with Crippen molar-refractivity contribution < 1.29 is 0 Å². The molecule has 1 aromatic heterocycles. The van der Waals surface area contributed by atoms with Crippen LogP contribution in [0.5, 0.6) is 0 Å². The van der Waals surface area contributed by atoms with Gasteiger partial charge in [0.1, 0.15) is 0 Å². The van der Waals surface area contributed by atoms with E-state index in [1.54, 1.807) is 0 Å². The van der Waals surface area contributed by atoms with Gasteiger partial charge in [-0.3, -0.25) is 9.88 Å². The summed E-state index contributed by atoms with van der Waals surface area (Å²) in [6.07, 6.45) is 2.69. The van der Waals surface area contributed by atoms with Gasteiger partial charge in [0, 0.05) is 24.1 Å². The first-order valence-electron chi connectivity index (χ1n) is 5.99. The quantitative estimate of drug-likeness (QED) is 0.793. The lowest BCUT2D eigenvalue weighted by Gasteiger charge is -2.31. The van der Waals surface area contributed by atoms with E-state index < -0.39 is 0 Å². The summed E-state index contributed by atoms with van der Waals surface area (Å²) in [4.78, 5) is 7.09. The van der Waals surface area contributed by atoms with Crippen molar-refractivity contribution in [1.82, 2.24) is 9.88 Å². The van der Waals surface area contributed by atoms with Crippen molar-refractivity contribution in [3.8, 4) is 0 Å². The minimum Gasteiger partial charge on any atom is -0.297 e. The van der Waals surface area contributed by atoms with Crippen LogP contribution in [0.25, 0.3) is 0 Å². The molecule has 1 saturated heterocycles. The maximum atomic E-state index is 4.56. The van der Waals surface area contributed by atoms with Gasteiger partial charge in [0.2, 0.25) is 0 Å². The molecule has 0 spiro atoms. The summed E-state index contributed by atoms with van der Waals surface area (Å²) in [5, 5.41) is 1.13. The fourth-order valence-electron chi connectivity index (χ4n) is 2.34. The molecule has 0 amide bonds. The van der Waals surface area contributed by atoms with Gasteiger partial charge in [-0.05, 0) is 44.4 Å². The van der Waals surface area contributed by atoms with Crippen molar-refractivity contribution >= 4 is 15.9 Å². The molecule has 1 fully saturated rings. The van der Waals surface area contributed by atoms with Gasteiger partial charge in [-0.1, -0.05) is 22.0 Å². The molecule has 3 heteroatoms. The topological polar surface area (TPSA) is 16.1 Å². The van der Waals surface area contributed by atoms with Crippen molar-refractivity contribution in [2.24, 2.45) is 5.92 Å². The second kappa shape index (κ2) is 5.78. The summed E-state index contributed by atoms with van der Waals surface area (Å²) >= 11 is 3.59. The van der Waals surface area contributed by atoms with Crippen LogP contribution in [0, 0.1) is 12.8 Å². The first kappa shape index (κ1) is 12.1. The molecular weight excluding hydrogens is 264 g/mol. The molecule has 0 aromatic carbocycles. The SMILES string of the molecule is Cc1cccc(CN2CCCC(CBr)C2)n1. The second-order valence-corrected chi connectivity index (χ2v) is 5.32. The predicted octanol–water partition coefficient (Wildman–Crippen LogP) is 3.00. The zero-order valence-electron chi connectivity index (χ0n) is 9.82. The van der Waals surface area contributed by atoms with Crippen LogP contribution in [0.15, 0.2) is 18.2 Å². The Balaban J connectivity index is 1.94. The third kappa shape index (κ3) is 3.29. The Bertz CT molecular complexity index is 340. The molecule has 0 aliphatic carbocycles. The molecule has 1 atom stereocenters. The van der Waals surface area contributed by atoms with Crippen molar-refractivity contribution in [3.63, 3.8) is 0 Å². The third-order valence-electron chi connectivity index (χ3n) is 3.15. The van der Waals surface area contributed by atoms with E-state index in [-0.39, 0.29) is 0 Å². The van der Waals surface area contributed by atoms with Crippen molar-refractivity contribution in [3.05, 3.63) is 29.6 Å². The fourth-order valence-corrected chi connectivity index (χ4v) is 2.87. The first-order valence-corrected chi connectivity index (χ1v) is 7.11. The highest BCUT2D eigenvalue weighted by molar-refractivity contribution is 9.09. The molecule has 1 aliphatic heterocycles. The highest BCUT2D eigenvalue weighted by Crippen LogP contribution is 2.19. The fraction of sp³-hybridized carbons (Fsp3) is 0.615. The largest absolute Gasteiger partial charge is 0.297 e. The summed E-state index contributed by atoms with van der Waals surface area (Å²) in [5.41, 5.74) is 2.32. The van der Waals surface area contributed by atoms with Gasteiger partial charge < -0.3 is 0 Å². The number of hydrogen-bond acceptors (Lipinski definition) is 2. The van der Waals surface area contributed by atoms with Crippen molar-refractivity contribution in [2.75, 3.05) is 18.4 Å². The Labute approximate surface area is 106 Å². The highest BCUT2D eigenvalue weighted by Gasteiger charge is 2.19. The number of alkyl halides is 1. The summed E-state index contributed by atoms with van der Waals surface area (Å²) in [6.45, 7) is 5.49. The van der Waals surface area contributed by atoms with E-state index in [1.807, 2.05) is 0 Å². The van der Waals surface area contributed by atoms with Crippen LogP contribution in [0.2, 0.25) is 0 Å². The van der Waals surface area contributed by atoms with Crippen LogP contribution >= 0.6 is 15.9 Å². The van der Waals surface area contributed by atoms with Gasteiger partial charge in [-0.15, -0.1) is 0 Å². The van der Waals surface area contributed by atoms with Crippen LogP contribution in [0.1, 0.15) is 24.2 Å². The molecule has 0 saturated carbocycles. The standard InChI is InChI=1S/C13H19BrN2/c1-11-4-2-6-13(15-11)10-16-7-3-5-12(8-14)9-16/h2,4,6,12H,3,5,7-10H2,1H3. The summed E-state index contributed by atoms with van der Waals surface area (Å²) in [7, 11) is 0. The van der Waals surface area contributed by atoms with E-state index in [4.69, 9.17) is 0 Å². The molecule has 0 N–H and O–H groups in total. The number of rotatable bonds is 3. The van der Waals surface area contributed by atoms with Crippen LogP contribution in [0.4, 0.5) is 0 Å². The molecular formula is C13H19BrN2. The van der Waals surface area contributed by atoms with Gasteiger partial charge in [0.05, 0.1) is 5.69 Å². The maximum Gasteiger partial charge on any atom is 0.0547 e. The molecule has 88 valence electrons. The van der Waals surface area contributed by atoms with Gasteiger partial charge in [-0.2, -0.15) is 0 Å². The second-order valence-electron chi connectivity index (χ2n) is 4.67. The number of halogens is 1. The average Bonchev–Trinajstić information content (AvgIpc) is 2.29. The number of aryl methyl sites for hydroxylation is 1. The van der Waals surface area contributed by atoms with E-state index in [0.717, 1.165) is 23.5 Å². The minimum atomic E-state index is 0.818. The van der Waals surface area contributed by atoms with E-state index in [9.17, 15) is 0 Å². The van der Waals surface area contributed by atoms with Gasteiger partial charge >= 0.3 is 0 Å². The molecule has 0 radical (unpaired) electrons. The predicted molar refractivity (Wildman–Crippen MR) is 70.8 cm³/mol. The molecule has 16 heavy (non-hydrogen) atoms. The number of likely N-dealkylation sites (tertiary alicyclic amines) is 1. The van der Waals surface area contributed by atoms with Crippen LogP contribution in [-0.4, -0.2) is 28.3 Å². The van der Waals surface area contributed by atoms with Gasteiger partial charge in [0.15, 0.2) is 0 Å². The van der Waals surface area contributed by atoms with Crippen LogP contribution in [-0.2, 0) is 6.54 Å². The molecule has 2 heterocycles. The minimum absolute atomic E-state index is 0.818. The van der Waals surface area contributed by atoms with Crippen molar-refractivity contribution in [2.45, 2.75) is 26.3 Å². The number of aromatic nitrogens is 1. The zero-order chi connectivity index (χ0) is 11.4. The Morgan fingerprint density at radius 2 is 2.38 bits per heavy atom. The van der Waals surface area contributed by atoms with Gasteiger partial charge in [0.25, 0.3) is 0 Å². The summed E-state index contributed by atoms with van der Waals surface area (Å²) in [6, 6.07) is 6.29. The number of hydrogen-bond donors (Lipinski definition) is 0. The number of nitrogens with zero attached hydrogens (tertiary/aromatic N) is 2. The Morgan fingerprint density at radius 1 is 1.50 bits per heavy atom. The molecule has 1 aromatic rings. The summed E-state index contributed by atoms with van der Waals surface area (Å²) < 4.78 is 0. The van der Waals surface area contributed by atoms with E-state index in [0.29, 0.717) is 0 Å². The molecule has 2 rings (SSSR count). The Hall–Kier alpha value is -0.410. The maximum absolute atomic E-state index is 4.56. The highest BCUT2D eigenvalue weighted by atomic mass is 79.9. The van der Waals surface area contributed by atoms with E-state index in [1.165, 1.54) is 31.6 Å². The molecule has 1 unspecified atom stereocenters.